The molecule has 1 fully saturated rings. The summed E-state index contributed by atoms with van der Waals surface area (Å²) in [7, 11) is 0. The maximum absolute atomic E-state index is 12.8. The van der Waals surface area contributed by atoms with Gasteiger partial charge in [-0.05, 0) is 32.4 Å². The Balaban J connectivity index is 2.03. The van der Waals surface area contributed by atoms with Crippen LogP contribution < -0.4 is 4.74 Å². The van der Waals surface area contributed by atoms with E-state index in [1.165, 1.54) is 11.0 Å². The van der Waals surface area contributed by atoms with Gasteiger partial charge < -0.3 is 14.9 Å². The van der Waals surface area contributed by atoms with E-state index >= 15 is 0 Å². The first-order chi connectivity index (χ1) is 10.1. The zero-order valence-corrected chi connectivity index (χ0v) is 12.3. The summed E-state index contributed by atoms with van der Waals surface area (Å²) in [5.74, 6) is -1.81. The van der Waals surface area contributed by atoms with Crippen LogP contribution in [0.4, 0.5) is 13.2 Å². The van der Waals surface area contributed by atoms with Crippen molar-refractivity contribution < 1.29 is 28.1 Å². The van der Waals surface area contributed by atoms with E-state index in [-0.39, 0.29) is 24.3 Å². The summed E-state index contributed by atoms with van der Waals surface area (Å²) in [5, 5.41) is 20.4. The van der Waals surface area contributed by atoms with Gasteiger partial charge in [-0.15, -0.1) is 0 Å². The van der Waals surface area contributed by atoms with E-state index in [1.54, 1.807) is 0 Å². The van der Waals surface area contributed by atoms with Crippen LogP contribution in [0.15, 0.2) is 18.2 Å². The Morgan fingerprint density at radius 2 is 2.00 bits per heavy atom. The molecule has 2 heterocycles. The molecule has 0 aromatic heterocycles. The lowest BCUT2D eigenvalue weighted by molar-refractivity contribution is -0.310. The third-order valence-corrected chi connectivity index (χ3v) is 4.32. The van der Waals surface area contributed by atoms with Crippen molar-refractivity contribution in [3.05, 3.63) is 29.3 Å². The van der Waals surface area contributed by atoms with Crippen molar-refractivity contribution in [3.63, 3.8) is 0 Å². The van der Waals surface area contributed by atoms with Gasteiger partial charge in [-0.1, -0.05) is 6.07 Å². The smallest absolute Gasteiger partial charge is 0.416 e. The molecular formula is C15H18F3NO3. The third kappa shape index (κ3) is 2.37. The van der Waals surface area contributed by atoms with Gasteiger partial charge in [0.15, 0.2) is 0 Å². The summed E-state index contributed by atoms with van der Waals surface area (Å²) in [5.41, 5.74) is -0.195. The monoisotopic (exact) mass is 317 g/mol. The Morgan fingerprint density at radius 3 is 2.59 bits per heavy atom. The van der Waals surface area contributed by atoms with Crippen molar-refractivity contribution in [1.29, 1.82) is 0 Å². The summed E-state index contributed by atoms with van der Waals surface area (Å²) in [6.45, 7) is 3.62. The van der Waals surface area contributed by atoms with E-state index in [9.17, 15) is 23.4 Å². The second kappa shape index (κ2) is 4.84. The van der Waals surface area contributed by atoms with Crippen LogP contribution >= 0.6 is 0 Å². The summed E-state index contributed by atoms with van der Waals surface area (Å²) in [6.07, 6.45) is -4.33. The zero-order valence-electron chi connectivity index (χ0n) is 12.3. The van der Waals surface area contributed by atoms with Crippen LogP contribution in [0.25, 0.3) is 0 Å². The molecule has 22 heavy (non-hydrogen) atoms. The molecule has 4 nitrogen and oxygen atoms in total. The number of alkyl halides is 3. The SMILES string of the molecule is CC(C)N1C2c3ccc(C(F)(F)F)cc3OC2CCC1(O)O. The van der Waals surface area contributed by atoms with E-state index < -0.39 is 23.7 Å². The average molecular weight is 317 g/mol. The van der Waals surface area contributed by atoms with Gasteiger partial charge >= 0.3 is 6.18 Å². The molecule has 0 bridgehead atoms. The number of piperidine rings is 1. The topological polar surface area (TPSA) is 52.9 Å². The first-order valence-corrected chi connectivity index (χ1v) is 7.22. The number of benzene rings is 1. The number of hydrogen-bond acceptors (Lipinski definition) is 4. The molecule has 0 saturated carbocycles. The molecule has 0 spiro atoms. The summed E-state index contributed by atoms with van der Waals surface area (Å²) < 4.78 is 44.1. The second-order valence-corrected chi connectivity index (χ2v) is 6.17. The van der Waals surface area contributed by atoms with Crippen LogP contribution in [0.1, 0.15) is 43.9 Å². The Kier molecular flexibility index (Phi) is 3.43. The standard InChI is InChI=1S/C15H18F3NO3/c1-8(2)19-13-10-4-3-9(15(16,17)18)7-12(10)22-11(13)5-6-14(19,20)21/h3-4,7-8,11,13,20-21H,5-6H2,1-2H3. The molecule has 122 valence electrons. The Labute approximate surface area is 126 Å². The molecule has 0 amide bonds. The molecule has 0 radical (unpaired) electrons. The van der Waals surface area contributed by atoms with E-state index in [4.69, 9.17) is 4.74 Å². The number of rotatable bonds is 1. The van der Waals surface area contributed by atoms with Gasteiger partial charge in [0.05, 0.1) is 11.6 Å². The van der Waals surface area contributed by atoms with Crippen molar-refractivity contribution in [1.82, 2.24) is 4.90 Å². The molecule has 2 N–H and O–H groups in total. The minimum atomic E-state index is -4.43. The fourth-order valence-electron chi connectivity index (χ4n) is 3.45. The molecule has 0 aliphatic carbocycles. The highest BCUT2D eigenvalue weighted by Gasteiger charge is 2.52. The van der Waals surface area contributed by atoms with Crippen molar-refractivity contribution in [3.8, 4) is 5.75 Å². The van der Waals surface area contributed by atoms with Gasteiger partial charge in [-0.2, -0.15) is 13.2 Å². The highest BCUT2D eigenvalue weighted by Crippen LogP contribution is 2.49. The Hall–Kier alpha value is -1.31. The molecule has 1 aromatic rings. The molecular weight excluding hydrogens is 299 g/mol. The third-order valence-electron chi connectivity index (χ3n) is 4.32. The Morgan fingerprint density at radius 1 is 1.32 bits per heavy atom. The molecule has 1 aromatic carbocycles. The number of halogens is 3. The van der Waals surface area contributed by atoms with Crippen molar-refractivity contribution >= 4 is 0 Å². The number of nitrogens with zero attached hydrogens (tertiary/aromatic N) is 1. The molecule has 2 aliphatic heterocycles. The predicted octanol–water partition coefficient (Wildman–Crippen LogP) is 2.65. The molecule has 2 atom stereocenters. The first-order valence-electron chi connectivity index (χ1n) is 7.22. The van der Waals surface area contributed by atoms with Crippen molar-refractivity contribution in [2.75, 3.05) is 0 Å². The number of ether oxygens (including phenoxy) is 1. The van der Waals surface area contributed by atoms with Crippen LogP contribution in [-0.2, 0) is 6.18 Å². The summed E-state index contributed by atoms with van der Waals surface area (Å²) >= 11 is 0. The van der Waals surface area contributed by atoms with Gasteiger partial charge in [-0.3, -0.25) is 0 Å². The highest BCUT2D eigenvalue weighted by molar-refractivity contribution is 5.45. The number of fused-ring (bicyclic) bond motifs is 3. The molecule has 7 heteroatoms. The van der Waals surface area contributed by atoms with E-state index in [0.29, 0.717) is 12.0 Å². The molecule has 3 rings (SSSR count). The molecule has 2 unspecified atom stereocenters. The lowest BCUT2D eigenvalue weighted by Crippen LogP contribution is -2.59. The van der Waals surface area contributed by atoms with Crippen molar-refractivity contribution in [2.24, 2.45) is 0 Å². The second-order valence-electron chi connectivity index (χ2n) is 6.17. The molecule has 1 saturated heterocycles. The highest BCUT2D eigenvalue weighted by atomic mass is 19.4. The fraction of sp³-hybridized carbons (Fsp3) is 0.600. The summed E-state index contributed by atoms with van der Waals surface area (Å²) in [6, 6.07) is 2.72. The maximum Gasteiger partial charge on any atom is 0.416 e. The van der Waals surface area contributed by atoms with Gasteiger partial charge in [0.1, 0.15) is 11.9 Å². The van der Waals surface area contributed by atoms with E-state index in [1.807, 2.05) is 13.8 Å². The van der Waals surface area contributed by atoms with Gasteiger partial charge in [-0.25, -0.2) is 4.90 Å². The normalized spacial score (nSPS) is 27.5. The average Bonchev–Trinajstić information content (AvgIpc) is 2.73. The predicted molar refractivity (Wildman–Crippen MR) is 72.0 cm³/mol. The zero-order chi connectivity index (χ0) is 16.3. The minimum absolute atomic E-state index is 0.0897. The van der Waals surface area contributed by atoms with Crippen LogP contribution in [0.2, 0.25) is 0 Å². The number of aliphatic hydroxyl groups is 2. The lowest BCUT2D eigenvalue weighted by atomic mass is 9.90. The van der Waals surface area contributed by atoms with E-state index in [2.05, 4.69) is 0 Å². The summed E-state index contributed by atoms with van der Waals surface area (Å²) in [4.78, 5) is 1.50. The fourth-order valence-corrected chi connectivity index (χ4v) is 3.45. The molecule has 2 aliphatic rings. The van der Waals surface area contributed by atoms with Crippen LogP contribution in [0, 0.1) is 0 Å². The number of hydrogen-bond donors (Lipinski definition) is 2. The first kappa shape index (κ1) is 15.6. The van der Waals surface area contributed by atoms with Gasteiger partial charge in [0.25, 0.3) is 0 Å². The van der Waals surface area contributed by atoms with E-state index in [0.717, 1.165) is 12.1 Å². The minimum Gasteiger partial charge on any atom is -0.488 e. The quantitative estimate of drug-likeness (QED) is 0.782. The maximum atomic E-state index is 12.8. The van der Waals surface area contributed by atoms with Crippen LogP contribution in [0.5, 0.6) is 5.75 Å². The van der Waals surface area contributed by atoms with Gasteiger partial charge in [0.2, 0.25) is 5.91 Å². The van der Waals surface area contributed by atoms with Gasteiger partial charge in [0, 0.05) is 18.0 Å². The van der Waals surface area contributed by atoms with Crippen molar-refractivity contribution in [2.45, 2.75) is 57.0 Å². The van der Waals surface area contributed by atoms with Crippen LogP contribution in [0.3, 0.4) is 0 Å². The largest absolute Gasteiger partial charge is 0.488 e. The Bertz CT molecular complexity index is 586. The number of likely N-dealkylation sites (tertiary alicyclic amines) is 1. The van der Waals surface area contributed by atoms with Crippen LogP contribution in [-0.4, -0.2) is 33.2 Å². The lowest BCUT2D eigenvalue weighted by Gasteiger charge is -2.47.